The van der Waals surface area contributed by atoms with E-state index in [4.69, 9.17) is 9.47 Å². The molecule has 0 amide bonds. The van der Waals surface area contributed by atoms with Crippen molar-refractivity contribution in [2.45, 2.75) is 13.8 Å². The van der Waals surface area contributed by atoms with E-state index < -0.39 is 11.9 Å². The van der Waals surface area contributed by atoms with Gasteiger partial charge in [-0.15, -0.1) is 0 Å². The lowest BCUT2D eigenvalue weighted by Gasteiger charge is -2.06. The van der Waals surface area contributed by atoms with Crippen molar-refractivity contribution in [1.29, 1.82) is 0 Å². The first kappa shape index (κ1) is 22.4. The summed E-state index contributed by atoms with van der Waals surface area (Å²) in [6.45, 7) is 10.3. The van der Waals surface area contributed by atoms with Crippen molar-refractivity contribution in [3.05, 3.63) is 97.4 Å². The third-order valence-corrected chi connectivity index (χ3v) is 4.31. The molecule has 0 aliphatic heterocycles. The molecular formula is C26H22N2O4. The minimum Gasteiger partial charge on any atom is -0.422 e. The Morgan fingerprint density at radius 1 is 0.719 bits per heavy atom. The maximum absolute atomic E-state index is 11.4. The van der Waals surface area contributed by atoms with Gasteiger partial charge in [-0.05, 0) is 44.2 Å². The predicted octanol–water partition coefficient (Wildman–Crippen LogP) is 5.43. The molecule has 160 valence electrons. The molecule has 0 aliphatic rings. The number of carbonyl (C=O) groups is 2. The van der Waals surface area contributed by atoms with Crippen molar-refractivity contribution in [1.82, 2.24) is 9.97 Å². The van der Waals surface area contributed by atoms with Crippen molar-refractivity contribution in [2.75, 3.05) is 0 Å². The van der Waals surface area contributed by atoms with Gasteiger partial charge >= 0.3 is 11.9 Å². The van der Waals surface area contributed by atoms with E-state index in [9.17, 15) is 9.59 Å². The summed E-state index contributed by atoms with van der Waals surface area (Å²) in [6, 6.07) is 18.4. The number of pyridine rings is 2. The molecule has 4 aromatic rings. The van der Waals surface area contributed by atoms with Crippen molar-refractivity contribution in [3.63, 3.8) is 0 Å². The zero-order valence-corrected chi connectivity index (χ0v) is 17.9. The molecule has 2 aromatic carbocycles. The third-order valence-electron chi connectivity index (χ3n) is 4.31. The minimum atomic E-state index is -0.432. The molecule has 2 aromatic heterocycles. The molecule has 0 N–H and O–H groups in total. The van der Waals surface area contributed by atoms with Crippen LogP contribution in [0.25, 0.3) is 21.8 Å². The summed E-state index contributed by atoms with van der Waals surface area (Å²) in [4.78, 5) is 31.2. The number of ether oxygens (including phenoxy) is 2. The maximum Gasteiger partial charge on any atom is 0.338 e. The highest BCUT2D eigenvalue weighted by Crippen LogP contribution is 2.24. The second-order valence-electron chi connectivity index (χ2n) is 7.00. The Hall–Kier alpha value is -4.32. The lowest BCUT2D eigenvalue weighted by Crippen LogP contribution is -2.08. The number of benzene rings is 2. The highest BCUT2D eigenvalue weighted by atomic mass is 16.5. The summed E-state index contributed by atoms with van der Waals surface area (Å²) in [7, 11) is 0. The number of hydrogen-bond acceptors (Lipinski definition) is 6. The molecule has 0 spiro atoms. The van der Waals surface area contributed by atoms with Crippen molar-refractivity contribution >= 4 is 33.7 Å². The van der Waals surface area contributed by atoms with Crippen LogP contribution in [-0.2, 0) is 9.59 Å². The van der Waals surface area contributed by atoms with Crippen LogP contribution in [0.4, 0.5) is 0 Å². The Morgan fingerprint density at radius 3 is 2.09 bits per heavy atom. The first-order valence-corrected chi connectivity index (χ1v) is 9.79. The second-order valence-corrected chi connectivity index (χ2v) is 7.00. The average Bonchev–Trinajstić information content (AvgIpc) is 2.80. The molecule has 0 unspecified atom stereocenters. The van der Waals surface area contributed by atoms with E-state index >= 15 is 0 Å². The Labute approximate surface area is 185 Å². The van der Waals surface area contributed by atoms with Gasteiger partial charge in [0.05, 0.1) is 5.52 Å². The number of rotatable bonds is 4. The number of fused-ring (bicyclic) bond motifs is 2. The van der Waals surface area contributed by atoms with Crippen LogP contribution in [-0.4, -0.2) is 21.9 Å². The van der Waals surface area contributed by atoms with Gasteiger partial charge in [0.25, 0.3) is 0 Å². The quantitative estimate of drug-likeness (QED) is 0.246. The number of para-hydroxylation sites is 2. The van der Waals surface area contributed by atoms with E-state index in [1.54, 1.807) is 38.4 Å². The van der Waals surface area contributed by atoms with Gasteiger partial charge in [-0.1, -0.05) is 43.5 Å². The molecule has 4 rings (SSSR count). The van der Waals surface area contributed by atoms with Crippen LogP contribution < -0.4 is 9.47 Å². The van der Waals surface area contributed by atoms with E-state index in [-0.39, 0.29) is 0 Å². The summed E-state index contributed by atoms with van der Waals surface area (Å²) < 4.78 is 10.4. The van der Waals surface area contributed by atoms with E-state index in [0.29, 0.717) is 28.2 Å². The SMILES string of the molecule is C=C(C)C(=O)Oc1cccc2cccnc12.C=C(C)C(=O)Oc1ccnc2ccccc12. The number of nitrogens with zero attached hydrogens (tertiary/aromatic N) is 2. The van der Waals surface area contributed by atoms with E-state index in [1.807, 2.05) is 48.5 Å². The lowest BCUT2D eigenvalue weighted by atomic mass is 10.2. The first-order chi connectivity index (χ1) is 15.4. The number of aromatic nitrogens is 2. The highest BCUT2D eigenvalue weighted by molar-refractivity contribution is 5.93. The van der Waals surface area contributed by atoms with Gasteiger partial charge in [0, 0.05) is 34.3 Å². The fourth-order valence-corrected chi connectivity index (χ4v) is 2.69. The topological polar surface area (TPSA) is 78.4 Å². The zero-order chi connectivity index (χ0) is 23.1. The fraction of sp³-hybridized carbons (Fsp3) is 0.0769. The molecule has 6 nitrogen and oxygen atoms in total. The molecule has 0 saturated carbocycles. The molecule has 0 radical (unpaired) electrons. The van der Waals surface area contributed by atoms with Crippen molar-refractivity contribution < 1.29 is 19.1 Å². The lowest BCUT2D eigenvalue weighted by molar-refractivity contribution is -0.130. The van der Waals surface area contributed by atoms with Gasteiger partial charge in [0.1, 0.15) is 11.3 Å². The fourth-order valence-electron chi connectivity index (χ4n) is 2.69. The van der Waals surface area contributed by atoms with Crippen LogP contribution in [0.2, 0.25) is 0 Å². The third kappa shape index (κ3) is 5.43. The first-order valence-electron chi connectivity index (χ1n) is 9.79. The highest BCUT2D eigenvalue weighted by Gasteiger charge is 2.09. The Bertz CT molecular complexity index is 1210. The van der Waals surface area contributed by atoms with E-state index in [0.717, 1.165) is 16.3 Å². The summed E-state index contributed by atoms with van der Waals surface area (Å²) in [5.74, 6) is 0.124. The van der Waals surface area contributed by atoms with Gasteiger partial charge in [-0.25, -0.2) is 9.59 Å². The summed E-state index contributed by atoms with van der Waals surface area (Å²) >= 11 is 0. The van der Waals surface area contributed by atoms with Gasteiger partial charge in [0.15, 0.2) is 5.75 Å². The van der Waals surface area contributed by atoms with Crippen LogP contribution in [0.3, 0.4) is 0 Å². The van der Waals surface area contributed by atoms with Crippen LogP contribution in [0, 0.1) is 0 Å². The van der Waals surface area contributed by atoms with Crippen molar-refractivity contribution in [2.24, 2.45) is 0 Å². The number of esters is 2. The number of carbonyl (C=O) groups excluding carboxylic acids is 2. The molecule has 0 bridgehead atoms. The molecule has 0 atom stereocenters. The maximum atomic E-state index is 11.4. The summed E-state index contributed by atoms with van der Waals surface area (Å²) in [5.41, 5.74) is 2.22. The van der Waals surface area contributed by atoms with E-state index in [1.165, 1.54) is 0 Å². The minimum absolute atomic E-state index is 0.368. The summed E-state index contributed by atoms with van der Waals surface area (Å²) in [5, 5.41) is 1.76. The number of hydrogen-bond donors (Lipinski definition) is 0. The van der Waals surface area contributed by atoms with Crippen molar-refractivity contribution in [3.8, 4) is 11.5 Å². The van der Waals surface area contributed by atoms with Gasteiger partial charge in [0.2, 0.25) is 0 Å². The normalized spacial score (nSPS) is 10.1. The standard InChI is InChI=1S/2C13H11NO2/c1-9(2)13(15)16-11-7-3-5-10-6-4-8-14-12(10)11;1-9(2)13(15)16-12-7-8-14-11-6-4-3-5-10(11)12/h2*3-8H,1H2,2H3. The van der Waals surface area contributed by atoms with Gasteiger partial charge in [-0.2, -0.15) is 0 Å². The molecule has 32 heavy (non-hydrogen) atoms. The average molecular weight is 426 g/mol. The summed E-state index contributed by atoms with van der Waals surface area (Å²) in [6.07, 6.45) is 3.28. The molecule has 2 heterocycles. The van der Waals surface area contributed by atoms with Crippen LogP contribution >= 0.6 is 0 Å². The molecule has 0 saturated heterocycles. The van der Waals surface area contributed by atoms with E-state index in [2.05, 4.69) is 23.1 Å². The van der Waals surface area contributed by atoms with Gasteiger partial charge in [-0.3, -0.25) is 9.97 Å². The largest absolute Gasteiger partial charge is 0.422 e. The molecule has 0 aliphatic carbocycles. The Morgan fingerprint density at radius 2 is 1.38 bits per heavy atom. The van der Waals surface area contributed by atoms with Crippen LogP contribution in [0.5, 0.6) is 11.5 Å². The molecule has 6 heteroatoms. The second kappa shape index (κ2) is 10.1. The Kier molecular flexibility index (Phi) is 7.08. The smallest absolute Gasteiger partial charge is 0.338 e. The molecule has 0 fully saturated rings. The zero-order valence-electron chi connectivity index (χ0n) is 17.9. The Balaban J connectivity index is 0.000000181. The van der Waals surface area contributed by atoms with Crippen LogP contribution in [0.15, 0.2) is 97.4 Å². The predicted molar refractivity (Wildman–Crippen MR) is 124 cm³/mol. The van der Waals surface area contributed by atoms with Gasteiger partial charge < -0.3 is 9.47 Å². The monoisotopic (exact) mass is 426 g/mol. The molecular weight excluding hydrogens is 404 g/mol. The van der Waals surface area contributed by atoms with Crippen LogP contribution in [0.1, 0.15) is 13.8 Å².